The van der Waals surface area contributed by atoms with Crippen molar-refractivity contribution in [1.82, 2.24) is 20.0 Å². The molecule has 0 bridgehead atoms. The van der Waals surface area contributed by atoms with Crippen LogP contribution < -0.4 is 5.32 Å². The van der Waals surface area contributed by atoms with Crippen LogP contribution in [0.3, 0.4) is 0 Å². The smallest absolute Gasteiger partial charge is 0.274 e. The molecule has 1 aromatic carbocycles. The van der Waals surface area contributed by atoms with E-state index in [1.807, 2.05) is 42.1 Å². The fourth-order valence-corrected chi connectivity index (χ4v) is 4.15. The van der Waals surface area contributed by atoms with Gasteiger partial charge in [-0.1, -0.05) is 23.7 Å². The van der Waals surface area contributed by atoms with Gasteiger partial charge in [0.05, 0.1) is 12.8 Å². The lowest BCUT2D eigenvalue weighted by Gasteiger charge is -2.25. The number of amides is 1. The minimum Gasteiger partial charge on any atom is -0.467 e. The SMILES string of the molecule is CN(Cc1ccco1)C(=O)c1nn(C)c2c1CC(NCc1cccc(Cl)c1)CC2. The average molecular weight is 413 g/mol. The van der Waals surface area contributed by atoms with E-state index in [4.69, 9.17) is 16.0 Å². The number of benzene rings is 1. The van der Waals surface area contributed by atoms with Gasteiger partial charge < -0.3 is 14.6 Å². The first kappa shape index (κ1) is 19.7. The maximum atomic E-state index is 13.1. The average Bonchev–Trinajstić information content (AvgIpc) is 3.33. The zero-order valence-electron chi connectivity index (χ0n) is 16.7. The molecule has 29 heavy (non-hydrogen) atoms. The molecule has 1 aliphatic rings. The minimum absolute atomic E-state index is 0.0752. The molecule has 7 heteroatoms. The number of furan rings is 1. The van der Waals surface area contributed by atoms with E-state index in [9.17, 15) is 4.79 Å². The molecule has 0 saturated carbocycles. The molecule has 1 amide bonds. The number of fused-ring (bicyclic) bond motifs is 1. The van der Waals surface area contributed by atoms with Crippen molar-refractivity contribution < 1.29 is 9.21 Å². The van der Waals surface area contributed by atoms with Crippen LogP contribution in [0.25, 0.3) is 0 Å². The maximum absolute atomic E-state index is 13.1. The molecule has 4 rings (SSSR count). The Morgan fingerprint density at radius 3 is 3.00 bits per heavy atom. The Bertz CT molecular complexity index is 996. The van der Waals surface area contributed by atoms with Crippen LogP contribution >= 0.6 is 11.6 Å². The molecule has 6 nitrogen and oxygen atoms in total. The van der Waals surface area contributed by atoms with Crippen LogP contribution in [-0.4, -0.2) is 33.7 Å². The Morgan fingerprint density at radius 1 is 1.38 bits per heavy atom. The van der Waals surface area contributed by atoms with Gasteiger partial charge in [0.15, 0.2) is 5.69 Å². The summed E-state index contributed by atoms with van der Waals surface area (Å²) in [7, 11) is 3.70. The van der Waals surface area contributed by atoms with E-state index in [-0.39, 0.29) is 5.91 Å². The molecule has 0 fully saturated rings. The Morgan fingerprint density at radius 2 is 2.24 bits per heavy atom. The van der Waals surface area contributed by atoms with E-state index in [2.05, 4.69) is 16.5 Å². The molecule has 0 aliphatic heterocycles. The summed E-state index contributed by atoms with van der Waals surface area (Å²) in [6.07, 6.45) is 4.33. The van der Waals surface area contributed by atoms with Crippen LogP contribution in [0.4, 0.5) is 0 Å². The second-order valence-corrected chi connectivity index (χ2v) is 8.03. The lowest BCUT2D eigenvalue weighted by Crippen LogP contribution is -2.35. The monoisotopic (exact) mass is 412 g/mol. The van der Waals surface area contributed by atoms with E-state index in [0.29, 0.717) is 18.3 Å². The van der Waals surface area contributed by atoms with Crippen molar-refractivity contribution in [2.24, 2.45) is 7.05 Å². The minimum atomic E-state index is -0.0752. The summed E-state index contributed by atoms with van der Waals surface area (Å²) < 4.78 is 7.23. The first-order valence-corrected chi connectivity index (χ1v) is 10.2. The molecule has 0 spiro atoms. The Balaban J connectivity index is 1.46. The first-order chi connectivity index (χ1) is 14.0. The van der Waals surface area contributed by atoms with Crippen molar-refractivity contribution in [2.45, 2.75) is 38.4 Å². The quantitative estimate of drug-likeness (QED) is 0.672. The van der Waals surface area contributed by atoms with E-state index >= 15 is 0 Å². The zero-order valence-corrected chi connectivity index (χ0v) is 17.4. The Kier molecular flexibility index (Phi) is 5.74. The van der Waals surface area contributed by atoms with Crippen LogP contribution in [0, 0.1) is 0 Å². The molecule has 2 heterocycles. The lowest BCUT2D eigenvalue weighted by atomic mass is 9.91. The van der Waals surface area contributed by atoms with Gasteiger partial charge in [-0.3, -0.25) is 9.48 Å². The van der Waals surface area contributed by atoms with Gasteiger partial charge in [0.1, 0.15) is 5.76 Å². The van der Waals surface area contributed by atoms with Gasteiger partial charge in [-0.05, 0) is 49.1 Å². The summed E-state index contributed by atoms with van der Waals surface area (Å²) >= 11 is 6.08. The van der Waals surface area contributed by atoms with Gasteiger partial charge in [-0.15, -0.1) is 0 Å². The van der Waals surface area contributed by atoms with Crippen molar-refractivity contribution in [3.8, 4) is 0 Å². The number of carbonyl (C=O) groups is 1. The molecule has 1 atom stereocenters. The fourth-order valence-electron chi connectivity index (χ4n) is 3.93. The predicted octanol–water partition coefficient (Wildman–Crippen LogP) is 3.59. The summed E-state index contributed by atoms with van der Waals surface area (Å²) in [4.78, 5) is 14.7. The molecule has 3 aromatic rings. The van der Waals surface area contributed by atoms with E-state index < -0.39 is 0 Å². The number of hydrogen-bond acceptors (Lipinski definition) is 4. The summed E-state index contributed by atoms with van der Waals surface area (Å²) in [5.74, 6) is 0.681. The summed E-state index contributed by atoms with van der Waals surface area (Å²) in [5.41, 5.74) is 3.91. The second-order valence-electron chi connectivity index (χ2n) is 7.59. The normalized spacial score (nSPS) is 15.9. The summed E-state index contributed by atoms with van der Waals surface area (Å²) in [5, 5.41) is 8.91. The summed E-state index contributed by atoms with van der Waals surface area (Å²) in [6.45, 7) is 1.18. The number of hydrogen-bond donors (Lipinski definition) is 1. The van der Waals surface area contributed by atoms with Crippen molar-refractivity contribution in [3.05, 3.63) is 76.0 Å². The van der Waals surface area contributed by atoms with Gasteiger partial charge in [-0.2, -0.15) is 5.10 Å². The summed E-state index contributed by atoms with van der Waals surface area (Å²) in [6, 6.07) is 11.9. The number of aryl methyl sites for hydroxylation is 1. The third kappa shape index (κ3) is 4.38. The van der Waals surface area contributed by atoms with Gasteiger partial charge >= 0.3 is 0 Å². The first-order valence-electron chi connectivity index (χ1n) is 9.81. The number of nitrogens with zero attached hydrogens (tertiary/aromatic N) is 3. The third-order valence-corrected chi connectivity index (χ3v) is 5.70. The molecule has 2 aromatic heterocycles. The highest BCUT2D eigenvalue weighted by Gasteiger charge is 2.29. The number of carbonyl (C=O) groups excluding carboxylic acids is 1. The molecular weight excluding hydrogens is 388 g/mol. The van der Waals surface area contributed by atoms with E-state index in [0.717, 1.165) is 53.4 Å². The van der Waals surface area contributed by atoms with Crippen LogP contribution in [0.1, 0.15) is 39.5 Å². The maximum Gasteiger partial charge on any atom is 0.274 e. The molecule has 1 unspecified atom stereocenters. The number of halogens is 1. The molecular formula is C22H25ClN4O2. The number of rotatable bonds is 6. The Hall–Kier alpha value is -2.57. The third-order valence-electron chi connectivity index (χ3n) is 5.46. The van der Waals surface area contributed by atoms with Gasteiger partial charge in [0, 0.05) is 43.0 Å². The Labute approximate surface area is 175 Å². The highest BCUT2D eigenvalue weighted by molar-refractivity contribution is 6.30. The van der Waals surface area contributed by atoms with Crippen LogP contribution in [0.15, 0.2) is 47.1 Å². The second kappa shape index (κ2) is 8.43. The number of nitrogens with one attached hydrogen (secondary N) is 1. The van der Waals surface area contributed by atoms with E-state index in [1.54, 1.807) is 18.2 Å². The van der Waals surface area contributed by atoms with Crippen LogP contribution in [0.2, 0.25) is 5.02 Å². The van der Waals surface area contributed by atoms with Crippen LogP contribution in [-0.2, 0) is 33.0 Å². The fraction of sp³-hybridized carbons (Fsp3) is 0.364. The van der Waals surface area contributed by atoms with E-state index in [1.165, 1.54) is 0 Å². The zero-order chi connectivity index (χ0) is 20.4. The molecule has 1 N–H and O–H groups in total. The topological polar surface area (TPSA) is 63.3 Å². The standard InChI is InChI=1S/C22H25ClN4O2/c1-26(14-18-7-4-10-29-18)22(28)21-19-12-17(8-9-20(19)27(2)25-21)24-13-15-5-3-6-16(23)11-15/h3-7,10-11,17,24H,8-9,12-14H2,1-2H3. The van der Waals surface area contributed by atoms with Gasteiger partial charge in [0.2, 0.25) is 0 Å². The molecule has 1 aliphatic carbocycles. The van der Waals surface area contributed by atoms with Gasteiger partial charge in [0.25, 0.3) is 5.91 Å². The van der Waals surface area contributed by atoms with Crippen molar-refractivity contribution in [1.29, 1.82) is 0 Å². The predicted molar refractivity (Wildman–Crippen MR) is 112 cm³/mol. The van der Waals surface area contributed by atoms with Crippen molar-refractivity contribution in [3.63, 3.8) is 0 Å². The van der Waals surface area contributed by atoms with Crippen molar-refractivity contribution in [2.75, 3.05) is 7.05 Å². The number of aromatic nitrogens is 2. The molecule has 152 valence electrons. The highest BCUT2D eigenvalue weighted by atomic mass is 35.5. The molecule has 0 radical (unpaired) electrons. The lowest BCUT2D eigenvalue weighted by molar-refractivity contribution is 0.0767. The highest BCUT2D eigenvalue weighted by Crippen LogP contribution is 2.26. The molecule has 0 saturated heterocycles. The largest absolute Gasteiger partial charge is 0.467 e. The van der Waals surface area contributed by atoms with Crippen LogP contribution in [0.5, 0.6) is 0 Å². The van der Waals surface area contributed by atoms with Gasteiger partial charge in [-0.25, -0.2) is 0 Å². The van der Waals surface area contributed by atoms with Crippen molar-refractivity contribution >= 4 is 17.5 Å².